The number of fused-ring (bicyclic) bond motifs is 4. The highest BCUT2D eigenvalue weighted by Gasteiger charge is 2.38. The van der Waals surface area contributed by atoms with E-state index in [1.807, 2.05) is 24.3 Å². The average molecular weight is 707 g/mol. The maximum Gasteiger partial charge on any atom is 0.531 e. The first-order valence-corrected chi connectivity index (χ1v) is 16.8. The highest BCUT2D eigenvalue weighted by atomic mass is 32.2. The van der Waals surface area contributed by atoms with Crippen LogP contribution in [0.25, 0.3) is 17.1 Å². The Morgan fingerprint density at radius 3 is 2.52 bits per heavy atom. The minimum Gasteiger partial charge on any atom is -0.870 e. The van der Waals surface area contributed by atoms with Crippen LogP contribution in [0.4, 0.5) is 8.78 Å². The quantitative estimate of drug-likeness (QED) is 0.177. The van der Waals surface area contributed by atoms with Crippen LogP contribution < -0.4 is 24.5 Å². The van der Waals surface area contributed by atoms with Gasteiger partial charge in [0.05, 0.1) is 33.0 Å². The molecule has 3 aliphatic heterocycles. The SMILES string of the molecule is COC(=O)COP(=O)(OCC(=O)OC)Oc1c([O-])cc(-c2cc(F)c(F)c3c2Cc2ccccc2SC3)[n+]2c1=C([O-])N1CCOC[C@H]1N=2. The van der Waals surface area contributed by atoms with Crippen molar-refractivity contribution in [1.29, 1.82) is 0 Å². The molecule has 0 bridgehead atoms. The summed E-state index contributed by atoms with van der Waals surface area (Å²) in [5.41, 5.74) is 1.28. The molecule has 254 valence electrons. The number of thioether (sulfide) groups is 1. The van der Waals surface area contributed by atoms with Crippen LogP contribution in [0.15, 0.2) is 46.4 Å². The highest BCUT2D eigenvalue weighted by Crippen LogP contribution is 2.50. The summed E-state index contributed by atoms with van der Waals surface area (Å²) >= 11 is 1.33. The van der Waals surface area contributed by atoms with Crippen molar-refractivity contribution in [3.8, 4) is 22.8 Å². The van der Waals surface area contributed by atoms with Gasteiger partial charge in [0.1, 0.15) is 0 Å². The van der Waals surface area contributed by atoms with Crippen molar-refractivity contribution in [2.75, 3.05) is 47.2 Å². The van der Waals surface area contributed by atoms with Crippen molar-refractivity contribution in [2.24, 2.45) is 5.11 Å². The normalized spacial score (nSPS) is 16.8. The third-order valence-electron chi connectivity index (χ3n) is 7.72. The molecule has 14 nitrogen and oxygen atoms in total. The molecular weight excluding hydrogens is 679 g/mol. The lowest BCUT2D eigenvalue weighted by Gasteiger charge is -2.37. The third kappa shape index (κ3) is 6.43. The van der Waals surface area contributed by atoms with Crippen LogP contribution in [0.3, 0.4) is 0 Å². The summed E-state index contributed by atoms with van der Waals surface area (Å²) in [6, 6.07) is 9.27. The Balaban J connectivity index is 1.57. The number of halogens is 2. The van der Waals surface area contributed by atoms with Crippen molar-refractivity contribution in [2.45, 2.75) is 23.2 Å². The van der Waals surface area contributed by atoms with E-state index in [1.54, 1.807) is 0 Å². The third-order valence-corrected chi connectivity index (χ3v) is 10.2. The number of nitrogens with zero attached hydrogens (tertiary/aromatic N) is 3. The average Bonchev–Trinajstić information content (AvgIpc) is 3.29. The summed E-state index contributed by atoms with van der Waals surface area (Å²) in [5, 5.41) is 32.0. The van der Waals surface area contributed by atoms with E-state index < -0.39 is 73.5 Å². The molecule has 4 heterocycles. The van der Waals surface area contributed by atoms with Crippen LogP contribution in [0, 0.1) is 11.6 Å². The Morgan fingerprint density at radius 1 is 1.10 bits per heavy atom. The molecule has 0 saturated carbocycles. The fraction of sp³-hybridized carbons (Fsp3) is 0.333. The molecule has 0 radical (unpaired) electrons. The van der Waals surface area contributed by atoms with Crippen LogP contribution >= 0.6 is 19.6 Å². The predicted molar refractivity (Wildman–Crippen MR) is 157 cm³/mol. The van der Waals surface area contributed by atoms with Crippen molar-refractivity contribution >= 4 is 37.4 Å². The van der Waals surface area contributed by atoms with Crippen LogP contribution in [0.1, 0.15) is 16.7 Å². The lowest BCUT2D eigenvalue weighted by atomic mass is 9.92. The van der Waals surface area contributed by atoms with Crippen LogP contribution in [0.5, 0.6) is 11.5 Å². The van der Waals surface area contributed by atoms with E-state index in [-0.39, 0.29) is 48.8 Å². The first kappa shape index (κ1) is 33.6. The molecule has 6 rings (SSSR count). The predicted octanol–water partition coefficient (Wildman–Crippen LogP) is 1.19. The number of carbonyl (C=O) groups is 2. The van der Waals surface area contributed by atoms with Crippen molar-refractivity contribution in [3.63, 3.8) is 0 Å². The fourth-order valence-corrected chi connectivity index (χ4v) is 7.58. The molecule has 3 aromatic rings. The summed E-state index contributed by atoms with van der Waals surface area (Å²) in [7, 11) is -2.98. The molecule has 3 aliphatic rings. The number of phosphoric ester groups is 1. The van der Waals surface area contributed by atoms with E-state index in [4.69, 9.17) is 18.3 Å². The number of hydrogen-bond acceptors (Lipinski definition) is 14. The largest absolute Gasteiger partial charge is 0.870 e. The summed E-state index contributed by atoms with van der Waals surface area (Å²) in [6.45, 7) is -1.78. The van der Waals surface area contributed by atoms with Gasteiger partial charge in [0.15, 0.2) is 30.6 Å². The monoisotopic (exact) mass is 706 g/mol. The Hall–Kier alpha value is -4.28. The van der Waals surface area contributed by atoms with Crippen LogP contribution in [-0.2, 0) is 49.6 Å². The van der Waals surface area contributed by atoms with Gasteiger partial charge in [-0.1, -0.05) is 23.9 Å². The molecular formula is C30H27F2N3O11PS-. The Morgan fingerprint density at radius 2 is 1.81 bits per heavy atom. The second-order valence-electron chi connectivity index (χ2n) is 10.5. The lowest BCUT2D eigenvalue weighted by Crippen LogP contribution is -2.59. The van der Waals surface area contributed by atoms with Gasteiger partial charge in [0.25, 0.3) is 5.35 Å². The van der Waals surface area contributed by atoms with Gasteiger partial charge in [0, 0.05) is 34.7 Å². The number of rotatable bonds is 9. The van der Waals surface area contributed by atoms with Gasteiger partial charge in [-0.15, -0.1) is 11.8 Å². The number of benzene rings is 2. The van der Waals surface area contributed by atoms with E-state index >= 15 is 8.78 Å². The molecule has 0 N–H and O–H groups in total. The molecule has 0 aliphatic carbocycles. The molecule has 0 spiro atoms. The zero-order valence-corrected chi connectivity index (χ0v) is 27.1. The fourth-order valence-electron chi connectivity index (χ4n) is 5.38. The Bertz CT molecular complexity index is 1960. The van der Waals surface area contributed by atoms with Crippen molar-refractivity contribution in [1.82, 2.24) is 4.90 Å². The number of esters is 2. The van der Waals surface area contributed by atoms with Crippen LogP contribution in [-0.4, -0.2) is 70.2 Å². The van der Waals surface area contributed by atoms with Gasteiger partial charge >= 0.3 is 19.8 Å². The van der Waals surface area contributed by atoms with Gasteiger partial charge in [-0.2, -0.15) is 0 Å². The second-order valence-corrected chi connectivity index (χ2v) is 13.2. The first-order chi connectivity index (χ1) is 23.0. The molecule has 1 aromatic heterocycles. The summed E-state index contributed by atoms with van der Waals surface area (Å²) in [4.78, 5) is 25.8. The molecule has 1 fully saturated rings. The smallest absolute Gasteiger partial charge is 0.531 e. The van der Waals surface area contributed by atoms with Crippen molar-refractivity contribution in [3.05, 3.63) is 70.1 Å². The number of ether oxygens (including phenoxy) is 3. The summed E-state index contributed by atoms with van der Waals surface area (Å²) in [5.74, 6) is -6.84. The lowest BCUT2D eigenvalue weighted by molar-refractivity contribution is -0.569. The highest BCUT2D eigenvalue weighted by molar-refractivity contribution is 7.98. The molecule has 1 atom stereocenters. The molecule has 0 amide bonds. The van der Waals surface area contributed by atoms with Gasteiger partial charge < -0.3 is 33.8 Å². The topological polar surface area (TPSA) is 174 Å². The van der Waals surface area contributed by atoms with Gasteiger partial charge in [0.2, 0.25) is 11.9 Å². The van der Waals surface area contributed by atoms with E-state index in [9.17, 15) is 24.4 Å². The number of carbonyl (C=O) groups excluding carboxylic acids is 2. The van der Waals surface area contributed by atoms with Gasteiger partial charge in [-0.05, 0) is 39.2 Å². The second kappa shape index (κ2) is 13.7. The van der Waals surface area contributed by atoms with E-state index in [1.165, 1.54) is 16.7 Å². The minimum absolute atomic E-state index is 0.0180. The summed E-state index contributed by atoms with van der Waals surface area (Å²) < 4.78 is 75.5. The number of morpholine rings is 1. The first-order valence-electron chi connectivity index (χ1n) is 14.4. The molecule has 0 unspecified atom stereocenters. The minimum atomic E-state index is -5.04. The van der Waals surface area contributed by atoms with E-state index in [0.29, 0.717) is 5.56 Å². The van der Waals surface area contributed by atoms with E-state index in [2.05, 4.69) is 14.6 Å². The number of hydrogen-bond donors (Lipinski definition) is 0. The zero-order valence-electron chi connectivity index (χ0n) is 25.4. The van der Waals surface area contributed by atoms with Gasteiger partial charge in [-0.3, -0.25) is 9.05 Å². The van der Waals surface area contributed by atoms with Gasteiger partial charge in [-0.25, -0.2) is 22.9 Å². The van der Waals surface area contributed by atoms with Crippen LogP contribution in [0.2, 0.25) is 0 Å². The standard InChI is InChI=1S/C30H27F2N3O11PS/c1-41-25(37)13-44-47(40,45-14-26(38)42-2)46-29-22(36)11-21(35-28(29)30(39)34-7-8-43-12-24(34)33-35)18-10-20(31)27(32)19-15-48-23-6-4-3-5-16(23)9-17(18)19/h3-6,10-11,24H,7-9,12-15H2,1-2H3/q-1/t24-/m0/s1. The maximum atomic E-state index is 15.3. The summed E-state index contributed by atoms with van der Waals surface area (Å²) in [6.07, 6.45) is -0.719. The molecule has 1 saturated heterocycles. The molecule has 48 heavy (non-hydrogen) atoms. The number of pyridine rings is 1. The van der Waals surface area contributed by atoms with Crippen molar-refractivity contribution < 1.29 is 65.3 Å². The number of methoxy groups -OCH3 is 2. The number of phosphoric acid groups is 1. The molecule has 2 aromatic carbocycles. The number of aromatic nitrogens is 1. The maximum absolute atomic E-state index is 15.3. The van der Waals surface area contributed by atoms with E-state index in [0.717, 1.165) is 41.2 Å². The Labute approximate surface area is 275 Å². The Kier molecular flexibility index (Phi) is 9.58. The zero-order chi connectivity index (χ0) is 34.2. The molecule has 18 heteroatoms.